The zero-order valence-electron chi connectivity index (χ0n) is 7.11. The van der Waals surface area contributed by atoms with Gasteiger partial charge in [-0.2, -0.15) is 0 Å². The topological polar surface area (TPSA) is 9.23 Å². The predicted molar refractivity (Wildman–Crippen MR) is 40.9 cm³/mol. The molecule has 0 amide bonds. The van der Waals surface area contributed by atoms with Gasteiger partial charge < -0.3 is 4.74 Å². The molecule has 58 valence electrons. The van der Waals surface area contributed by atoms with E-state index in [1.165, 1.54) is 12.8 Å². The van der Waals surface area contributed by atoms with E-state index in [1.807, 2.05) is 0 Å². The molecule has 2 atom stereocenters. The first kappa shape index (κ1) is 6.66. The molecule has 0 aromatic rings. The van der Waals surface area contributed by atoms with E-state index in [0.29, 0.717) is 5.41 Å². The smallest absolute Gasteiger partial charge is 0.0708 e. The van der Waals surface area contributed by atoms with Crippen LogP contribution < -0.4 is 0 Å². The van der Waals surface area contributed by atoms with E-state index in [-0.39, 0.29) is 5.60 Å². The molecule has 0 aromatic carbocycles. The van der Waals surface area contributed by atoms with Gasteiger partial charge >= 0.3 is 0 Å². The highest BCUT2D eigenvalue weighted by Crippen LogP contribution is 2.57. The molecule has 1 aliphatic carbocycles. The van der Waals surface area contributed by atoms with Crippen LogP contribution in [-0.2, 0) is 4.74 Å². The highest BCUT2D eigenvalue weighted by atomic mass is 16.5. The van der Waals surface area contributed by atoms with Crippen molar-refractivity contribution >= 4 is 0 Å². The molecule has 0 radical (unpaired) electrons. The summed E-state index contributed by atoms with van der Waals surface area (Å²) in [5, 5.41) is 0. The van der Waals surface area contributed by atoms with E-state index >= 15 is 0 Å². The highest BCUT2D eigenvalue weighted by Gasteiger charge is 2.57. The number of hydrogen-bond acceptors (Lipinski definition) is 1. The normalized spacial score (nSPS) is 50.1. The molecule has 10 heavy (non-hydrogen) atoms. The van der Waals surface area contributed by atoms with E-state index in [2.05, 4.69) is 20.8 Å². The average molecular weight is 140 g/mol. The van der Waals surface area contributed by atoms with Crippen molar-refractivity contribution in [1.82, 2.24) is 0 Å². The molecule has 0 N–H and O–H groups in total. The molecule has 2 fully saturated rings. The fourth-order valence-electron chi connectivity index (χ4n) is 2.40. The van der Waals surface area contributed by atoms with Crippen molar-refractivity contribution in [2.24, 2.45) is 11.3 Å². The lowest BCUT2D eigenvalue weighted by Gasteiger charge is -2.32. The molecule has 1 aliphatic heterocycles. The van der Waals surface area contributed by atoms with Crippen LogP contribution in [0.2, 0.25) is 0 Å². The monoisotopic (exact) mass is 140 g/mol. The van der Waals surface area contributed by atoms with E-state index in [0.717, 1.165) is 12.5 Å². The first-order valence-corrected chi connectivity index (χ1v) is 4.20. The molecule has 2 rings (SSSR count). The number of ether oxygens (including phenoxy) is 1. The molecule has 2 aliphatic rings. The van der Waals surface area contributed by atoms with Crippen LogP contribution in [0, 0.1) is 11.3 Å². The van der Waals surface area contributed by atoms with Crippen molar-refractivity contribution < 1.29 is 4.74 Å². The van der Waals surface area contributed by atoms with Gasteiger partial charge in [0.15, 0.2) is 0 Å². The van der Waals surface area contributed by atoms with Crippen molar-refractivity contribution in [3.8, 4) is 0 Å². The number of hydrogen-bond donors (Lipinski definition) is 0. The molecular weight excluding hydrogens is 124 g/mol. The first-order chi connectivity index (χ1) is 4.56. The Morgan fingerprint density at radius 2 is 2.00 bits per heavy atom. The number of fused-ring (bicyclic) bond motifs is 2. The van der Waals surface area contributed by atoms with Crippen LogP contribution >= 0.6 is 0 Å². The van der Waals surface area contributed by atoms with Crippen molar-refractivity contribution in [3.05, 3.63) is 0 Å². The lowest BCUT2D eigenvalue weighted by molar-refractivity contribution is -0.0358. The fraction of sp³-hybridized carbons (Fsp3) is 1.00. The van der Waals surface area contributed by atoms with Crippen LogP contribution in [0.4, 0.5) is 0 Å². The SMILES string of the molecule is CC12CCC(CO1)C2(C)C. The summed E-state index contributed by atoms with van der Waals surface area (Å²) in [5.41, 5.74) is 0.644. The third-order valence-electron chi connectivity index (χ3n) is 3.96. The van der Waals surface area contributed by atoms with Crippen molar-refractivity contribution in [2.75, 3.05) is 6.61 Å². The van der Waals surface area contributed by atoms with Crippen molar-refractivity contribution in [2.45, 2.75) is 39.2 Å². The van der Waals surface area contributed by atoms with Crippen molar-refractivity contribution in [3.63, 3.8) is 0 Å². The fourth-order valence-corrected chi connectivity index (χ4v) is 2.40. The zero-order chi connectivity index (χ0) is 7.41. The molecule has 0 aromatic heterocycles. The zero-order valence-corrected chi connectivity index (χ0v) is 7.11. The van der Waals surface area contributed by atoms with Crippen LogP contribution in [0.15, 0.2) is 0 Å². The second kappa shape index (κ2) is 1.58. The minimum absolute atomic E-state index is 0.206. The molecule has 1 saturated carbocycles. The second-order valence-electron chi connectivity index (χ2n) is 4.50. The summed E-state index contributed by atoms with van der Waals surface area (Å²) in [6.07, 6.45) is 2.65. The first-order valence-electron chi connectivity index (χ1n) is 4.20. The van der Waals surface area contributed by atoms with Gasteiger partial charge in [-0.05, 0) is 31.1 Å². The van der Waals surface area contributed by atoms with E-state index in [9.17, 15) is 0 Å². The van der Waals surface area contributed by atoms with Crippen LogP contribution in [0.25, 0.3) is 0 Å². The third kappa shape index (κ3) is 0.531. The maximum absolute atomic E-state index is 5.75. The minimum Gasteiger partial charge on any atom is -0.374 e. The Hall–Kier alpha value is -0.0400. The second-order valence-corrected chi connectivity index (χ2v) is 4.50. The van der Waals surface area contributed by atoms with Gasteiger partial charge in [-0.3, -0.25) is 0 Å². The molecule has 1 saturated heterocycles. The quantitative estimate of drug-likeness (QED) is 0.501. The van der Waals surface area contributed by atoms with Crippen molar-refractivity contribution in [1.29, 1.82) is 0 Å². The molecule has 1 heterocycles. The van der Waals surface area contributed by atoms with Gasteiger partial charge in [0, 0.05) is 0 Å². The van der Waals surface area contributed by atoms with Crippen LogP contribution in [0.5, 0.6) is 0 Å². The Labute approximate surface area is 62.8 Å². The summed E-state index contributed by atoms with van der Waals surface area (Å²) in [6, 6.07) is 0. The van der Waals surface area contributed by atoms with Crippen LogP contribution in [0.1, 0.15) is 33.6 Å². The Balaban J connectivity index is 2.37. The van der Waals surface area contributed by atoms with Gasteiger partial charge in [-0.25, -0.2) is 0 Å². The van der Waals surface area contributed by atoms with Crippen LogP contribution in [0.3, 0.4) is 0 Å². The van der Waals surface area contributed by atoms with Gasteiger partial charge in [0.25, 0.3) is 0 Å². The van der Waals surface area contributed by atoms with Gasteiger partial charge in [0.2, 0.25) is 0 Å². The predicted octanol–water partition coefficient (Wildman–Crippen LogP) is 2.21. The standard InChI is InChI=1S/C9H16O/c1-8(2)7-4-5-9(8,3)10-6-7/h7H,4-6H2,1-3H3. The molecule has 2 bridgehead atoms. The Morgan fingerprint density at radius 3 is 2.10 bits per heavy atom. The lowest BCUT2D eigenvalue weighted by atomic mass is 9.76. The highest BCUT2D eigenvalue weighted by molar-refractivity contribution is 5.06. The van der Waals surface area contributed by atoms with E-state index in [4.69, 9.17) is 4.74 Å². The van der Waals surface area contributed by atoms with Crippen LogP contribution in [-0.4, -0.2) is 12.2 Å². The Morgan fingerprint density at radius 1 is 1.30 bits per heavy atom. The Kier molecular flexibility index (Phi) is 1.05. The largest absolute Gasteiger partial charge is 0.374 e. The third-order valence-corrected chi connectivity index (χ3v) is 3.96. The van der Waals surface area contributed by atoms with Gasteiger partial charge in [-0.15, -0.1) is 0 Å². The van der Waals surface area contributed by atoms with Gasteiger partial charge in [0.1, 0.15) is 0 Å². The van der Waals surface area contributed by atoms with Gasteiger partial charge in [-0.1, -0.05) is 13.8 Å². The summed E-state index contributed by atoms with van der Waals surface area (Å²) >= 11 is 0. The minimum atomic E-state index is 0.206. The summed E-state index contributed by atoms with van der Waals surface area (Å²) in [6.45, 7) is 7.96. The lowest BCUT2D eigenvalue weighted by Crippen LogP contribution is -2.35. The molecule has 0 spiro atoms. The van der Waals surface area contributed by atoms with E-state index < -0.39 is 0 Å². The number of rotatable bonds is 0. The maximum Gasteiger partial charge on any atom is 0.0708 e. The summed E-state index contributed by atoms with van der Waals surface area (Å²) in [7, 11) is 0. The molecular formula is C9H16O. The average Bonchev–Trinajstić information content (AvgIpc) is 2.18. The molecule has 1 heteroatoms. The molecule has 2 unspecified atom stereocenters. The molecule has 1 nitrogen and oxygen atoms in total. The summed E-state index contributed by atoms with van der Waals surface area (Å²) in [4.78, 5) is 0. The summed E-state index contributed by atoms with van der Waals surface area (Å²) < 4.78 is 5.75. The van der Waals surface area contributed by atoms with Gasteiger partial charge in [0.05, 0.1) is 12.2 Å². The Bertz CT molecular complexity index is 149. The van der Waals surface area contributed by atoms with E-state index in [1.54, 1.807) is 0 Å². The maximum atomic E-state index is 5.75. The summed E-state index contributed by atoms with van der Waals surface area (Å²) in [5.74, 6) is 0.831.